The van der Waals surface area contributed by atoms with Gasteiger partial charge in [0.25, 0.3) is 0 Å². The Morgan fingerprint density at radius 2 is 1.63 bits per heavy atom. The fourth-order valence-corrected chi connectivity index (χ4v) is 3.77. The summed E-state index contributed by atoms with van der Waals surface area (Å²) in [6.45, 7) is 8.62. The number of aryl methyl sites for hydroxylation is 2. The molecule has 1 heteroatoms. The quantitative estimate of drug-likeness (QED) is 0.687. The number of rotatable bonds is 4. The molecule has 0 bridgehead atoms. The summed E-state index contributed by atoms with van der Waals surface area (Å²) in [4.78, 5) is 13.0. The molecule has 0 atom stereocenters. The summed E-state index contributed by atoms with van der Waals surface area (Å²) in [6, 6.07) is 6.27. The molecule has 0 saturated heterocycles. The highest BCUT2D eigenvalue weighted by Gasteiger charge is 2.41. The standard InChI is InChI=1S/C18H26O/c1-13(2)12-18(7-5-6-8-18)17(19)16-10-14(3)9-15(4)11-16/h9-11,13H,5-8,12H2,1-4H3. The molecular weight excluding hydrogens is 232 g/mol. The molecule has 1 aliphatic carbocycles. The minimum Gasteiger partial charge on any atom is -0.294 e. The van der Waals surface area contributed by atoms with Gasteiger partial charge in [0.2, 0.25) is 0 Å². The molecular formula is C18H26O. The highest BCUT2D eigenvalue weighted by Crippen LogP contribution is 2.45. The lowest BCUT2D eigenvalue weighted by molar-refractivity contribution is 0.0759. The fourth-order valence-electron chi connectivity index (χ4n) is 3.77. The van der Waals surface area contributed by atoms with Crippen molar-refractivity contribution >= 4 is 5.78 Å². The van der Waals surface area contributed by atoms with Gasteiger partial charge in [-0.25, -0.2) is 0 Å². The van der Waals surface area contributed by atoms with Crippen LogP contribution >= 0.6 is 0 Å². The molecule has 1 aromatic rings. The summed E-state index contributed by atoms with van der Waals surface area (Å²) in [5.41, 5.74) is 3.25. The van der Waals surface area contributed by atoms with E-state index in [2.05, 4.69) is 45.9 Å². The first kappa shape index (κ1) is 14.3. The molecule has 1 aliphatic rings. The molecule has 0 N–H and O–H groups in total. The molecule has 0 unspecified atom stereocenters. The van der Waals surface area contributed by atoms with E-state index in [1.807, 2.05) is 0 Å². The molecule has 0 heterocycles. The van der Waals surface area contributed by atoms with Gasteiger partial charge < -0.3 is 0 Å². The van der Waals surface area contributed by atoms with Crippen molar-refractivity contribution in [3.8, 4) is 0 Å². The molecule has 0 aromatic heterocycles. The van der Waals surface area contributed by atoms with Gasteiger partial charge in [-0.3, -0.25) is 4.79 Å². The summed E-state index contributed by atoms with van der Waals surface area (Å²) in [5.74, 6) is 0.985. The first-order valence-corrected chi connectivity index (χ1v) is 7.56. The Kier molecular flexibility index (Phi) is 4.13. The zero-order chi connectivity index (χ0) is 14.0. The summed E-state index contributed by atoms with van der Waals surface area (Å²) in [7, 11) is 0. The molecule has 2 rings (SSSR count). The largest absolute Gasteiger partial charge is 0.294 e. The number of hydrogen-bond acceptors (Lipinski definition) is 1. The molecule has 1 nitrogen and oxygen atoms in total. The lowest BCUT2D eigenvalue weighted by atomic mass is 9.73. The van der Waals surface area contributed by atoms with Gasteiger partial charge in [-0.2, -0.15) is 0 Å². The minimum absolute atomic E-state index is 0.0750. The normalized spacial score (nSPS) is 17.9. The second-order valence-corrected chi connectivity index (χ2v) is 6.79. The van der Waals surface area contributed by atoms with Crippen molar-refractivity contribution in [2.45, 2.75) is 59.8 Å². The highest BCUT2D eigenvalue weighted by molar-refractivity contribution is 6.01. The van der Waals surface area contributed by atoms with Crippen LogP contribution in [-0.2, 0) is 0 Å². The summed E-state index contributed by atoms with van der Waals surface area (Å²) in [5, 5.41) is 0. The van der Waals surface area contributed by atoms with Crippen LogP contribution in [0.4, 0.5) is 0 Å². The van der Waals surface area contributed by atoms with Crippen molar-refractivity contribution < 1.29 is 4.79 Å². The van der Waals surface area contributed by atoms with Crippen LogP contribution in [0.25, 0.3) is 0 Å². The molecule has 1 fully saturated rings. The third-order valence-electron chi connectivity index (χ3n) is 4.33. The number of hydrogen-bond donors (Lipinski definition) is 0. The van der Waals surface area contributed by atoms with Crippen LogP contribution in [0.2, 0.25) is 0 Å². The fraction of sp³-hybridized carbons (Fsp3) is 0.611. The molecule has 0 aliphatic heterocycles. The Labute approximate surface area is 117 Å². The van der Waals surface area contributed by atoms with Crippen LogP contribution in [0, 0.1) is 25.2 Å². The predicted octanol–water partition coefficient (Wildman–Crippen LogP) is 5.09. The van der Waals surface area contributed by atoms with Crippen LogP contribution in [0.1, 0.15) is 67.4 Å². The van der Waals surface area contributed by atoms with Gasteiger partial charge in [0, 0.05) is 11.0 Å². The number of carbonyl (C=O) groups is 1. The lowest BCUT2D eigenvalue weighted by Crippen LogP contribution is -2.30. The van der Waals surface area contributed by atoms with Crippen LogP contribution in [0.5, 0.6) is 0 Å². The molecule has 1 aromatic carbocycles. The van der Waals surface area contributed by atoms with E-state index in [0.29, 0.717) is 11.7 Å². The first-order valence-electron chi connectivity index (χ1n) is 7.56. The Bertz CT molecular complexity index is 444. The maximum atomic E-state index is 13.0. The number of carbonyl (C=O) groups excluding carboxylic acids is 1. The van der Waals surface area contributed by atoms with Crippen molar-refractivity contribution in [3.05, 3.63) is 34.9 Å². The van der Waals surface area contributed by atoms with Crippen LogP contribution in [-0.4, -0.2) is 5.78 Å². The van der Waals surface area contributed by atoms with E-state index < -0.39 is 0 Å². The summed E-state index contributed by atoms with van der Waals surface area (Å²) < 4.78 is 0. The summed E-state index contributed by atoms with van der Waals surface area (Å²) >= 11 is 0. The minimum atomic E-state index is -0.0750. The van der Waals surface area contributed by atoms with Crippen molar-refractivity contribution in [1.29, 1.82) is 0 Å². The van der Waals surface area contributed by atoms with E-state index in [1.165, 1.54) is 24.0 Å². The Balaban J connectivity index is 2.34. The van der Waals surface area contributed by atoms with Gasteiger partial charge in [0.15, 0.2) is 5.78 Å². The average Bonchev–Trinajstić information content (AvgIpc) is 2.75. The van der Waals surface area contributed by atoms with Crippen molar-refractivity contribution in [3.63, 3.8) is 0 Å². The monoisotopic (exact) mass is 258 g/mol. The van der Waals surface area contributed by atoms with Gasteiger partial charge >= 0.3 is 0 Å². The van der Waals surface area contributed by atoms with Crippen LogP contribution < -0.4 is 0 Å². The van der Waals surface area contributed by atoms with Gasteiger partial charge in [-0.05, 0) is 51.2 Å². The van der Waals surface area contributed by atoms with E-state index in [0.717, 1.165) is 24.8 Å². The topological polar surface area (TPSA) is 17.1 Å². The Morgan fingerprint density at radius 3 is 2.11 bits per heavy atom. The summed E-state index contributed by atoms with van der Waals surface area (Å²) in [6.07, 6.45) is 5.62. The third-order valence-corrected chi connectivity index (χ3v) is 4.33. The third kappa shape index (κ3) is 3.08. The highest BCUT2D eigenvalue weighted by atomic mass is 16.1. The van der Waals surface area contributed by atoms with Crippen LogP contribution in [0.15, 0.2) is 18.2 Å². The Hall–Kier alpha value is -1.11. The van der Waals surface area contributed by atoms with E-state index in [9.17, 15) is 4.79 Å². The van der Waals surface area contributed by atoms with Gasteiger partial charge in [0.05, 0.1) is 0 Å². The maximum absolute atomic E-state index is 13.0. The van der Waals surface area contributed by atoms with Gasteiger partial charge in [-0.1, -0.05) is 43.9 Å². The molecule has 0 amide bonds. The number of Topliss-reactive ketones (excluding diaryl/α,β-unsaturated/α-hetero) is 1. The maximum Gasteiger partial charge on any atom is 0.169 e. The molecule has 0 radical (unpaired) electrons. The van der Waals surface area contributed by atoms with E-state index in [4.69, 9.17) is 0 Å². The molecule has 1 saturated carbocycles. The van der Waals surface area contributed by atoms with Gasteiger partial charge in [0.1, 0.15) is 0 Å². The SMILES string of the molecule is Cc1cc(C)cc(C(=O)C2(CC(C)C)CCCC2)c1. The predicted molar refractivity (Wildman–Crippen MR) is 80.6 cm³/mol. The second-order valence-electron chi connectivity index (χ2n) is 6.79. The van der Waals surface area contributed by atoms with Crippen LogP contribution in [0.3, 0.4) is 0 Å². The zero-order valence-corrected chi connectivity index (χ0v) is 12.8. The smallest absolute Gasteiger partial charge is 0.169 e. The zero-order valence-electron chi connectivity index (χ0n) is 12.8. The Morgan fingerprint density at radius 1 is 1.11 bits per heavy atom. The van der Waals surface area contributed by atoms with Crippen molar-refractivity contribution in [2.24, 2.45) is 11.3 Å². The van der Waals surface area contributed by atoms with Crippen molar-refractivity contribution in [2.75, 3.05) is 0 Å². The first-order chi connectivity index (χ1) is 8.93. The lowest BCUT2D eigenvalue weighted by Gasteiger charge is -2.29. The average molecular weight is 258 g/mol. The number of ketones is 1. The molecule has 19 heavy (non-hydrogen) atoms. The molecule has 0 spiro atoms. The molecule has 104 valence electrons. The second kappa shape index (κ2) is 5.48. The van der Waals surface area contributed by atoms with E-state index in [1.54, 1.807) is 0 Å². The number of benzene rings is 1. The van der Waals surface area contributed by atoms with E-state index in [-0.39, 0.29) is 5.41 Å². The van der Waals surface area contributed by atoms with Crippen molar-refractivity contribution in [1.82, 2.24) is 0 Å². The van der Waals surface area contributed by atoms with E-state index >= 15 is 0 Å². The van der Waals surface area contributed by atoms with Gasteiger partial charge in [-0.15, -0.1) is 0 Å².